The van der Waals surface area contributed by atoms with Gasteiger partial charge in [-0.1, -0.05) is 11.6 Å². The second-order valence-corrected chi connectivity index (χ2v) is 10.0. The summed E-state index contributed by atoms with van der Waals surface area (Å²) >= 11 is 0. The summed E-state index contributed by atoms with van der Waals surface area (Å²) in [6, 6.07) is 0. The lowest BCUT2D eigenvalue weighted by Crippen LogP contribution is -2.30. The minimum atomic E-state index is -4.80. The minimum Gasteiger partial charge on any atom is -0.285 e. The maximum absolute atomic E-state index is 11.5. The molecule has 0 spiro atoms. The smallest absolute Gasteiger partial charge is 0.285 e. The normalized spacial score (nSPS) is 26.4. The van der Waals surface area contributed by atoms with Crippen molar-refractivity contribution in [2.45, 2.75) is 30.3 Å². The van der Waals surface area contributed by atoms with Crippen molar-refractivity contribution in [2.24, 2.45) is 0 Å². The molecule has 2 unspecified atom stereocenters. The zero-order chi connectivity index (χ0) is 17.8. The zero-order valence-corrected chi connectivity index (χ0v) is 14.2. The van der Waals surface area contributed by atoms with Gasteiger partial charge >= 0.3 is 0 Å². The molecule has 0 radical (unpaired) electrons. The predicted octanol–water partition coefficient (Wildman–Crippen LogP) is 0.321. The Morgan fingerprint density at radius 3 is 1.70 bits per heavy atom. The summed E-state index contributed by atoms with van der Waals surface area (Å²) in [5, 5.41) is -2.99. The fourth-order valence-electron chi connectivity index (χ4n) is 2.75. The molecule has 2 rings (SSSR count). The van der Waals surface area contributed by atoms with Gasteiger partial charge in [-0.25, -0.2) is 0 Å². The first kappa shape index (κ1) is 18.3. The van der Waals surface area contributed by atoms with Gasteiger partial charge in [-0.3, -0.25) is 13.7 Å². The molecule has 2 aliphatic rings. The highest BCUT2D eigenvalue weighted by Gasteiger charge is 2.38. The molecule has 2 atom stereocenters. The van der Waals surface area contributed by atoms with Crippen molar-refractivity contribution < 1.29 is 38.9 Å². The zero-order valence-electron chi connectivity index (χ0n) is 11.7. The molecule has 0 amide bonds. The van der Waals surface area contributed by atoms with Crippen molar-refractivity contribution in [1.82, 2.24) is 0 Å². The summed E-state index contributed by atoms with van der Waals surface area (Å²) in [4.78, 5) is -0.705. The van der Waals surface area contributed by atoms with Gasteiger partial charge in [-0.15, -0.1) is 0 Å². The summed E-state index contributed by atoms with van der Waals surface area (Å²) in [6.07, 6.45) is 1.16. The number of rotatable bonds is 3. The molecule has 0 aromatic rings. The van der Waals surface area contributed by atoms with E-state index in [4.69, 9.17) is 9.11 Å². The summed E-state index contributed by atoms with van der Waals surface area (Å²) < 4.78 is 95.9. The first-order valence-corrected chi connectivity index (χ1v) is 10.7. The van der Waals surface area contributed by atoms with Gasteiger partial charge in [-0.2, -0.15) is 25.3 Å². The minimum absolute atomic E-state index is 0.00676. The monoisotopic (exact) mass is 386 g/mol. The van der Waals surface area contributed by atoms with Crippen LogP contribution in [0.5, 0.6) is 0 Å². The largest absolute Gasteiger partial charge is 0.294 e. The Labute approximate surface area is 133 Å². The second kappa shape index (κ2) is 5.50. The molecule has 0 saturated carbocycles. The van der Waals surface area contributed by atoms with E-state index in [-0.39, 0.29) is 29.6 Å². The van der Waals surface area contributed by atoms with Crippen molar-refractivity contribution in [1.29, 1.82) is 0 Å². The lowest BCUT2D eigenvalue weighted by atomic mass is 9.85. The van der Waals surface area contributed by atoms with Crippen LogP contribution < -0.4 is 0 Å². The Hall–Kier alpha value is -1.05. The van der Waals surface area contributed by atoms with E-state index in [1.807, 2.05) is 0 Å². The van der Waals surface area contributed by atoms with Crippen LogP contribution in [0, 0.1) is 0 Å². The number of hydrogen-bond donors (Lipinski definition) is 3. The molecule has 0 aliphatic heterocycles. The van der Waals surface area contributed by atoms with Crippen LogP contribution in [0.15, 0.2) is 33.8 Å². The Balaban J connectivity index is 2.66. The highest BCUT2D eigenvalue weighted by molar-refractivity contribution is 7.90. The van der Waals surface area contributed by atoms with Crippen LogP contribution in [0.1, 0.15) is 19.8 Å². The van der Waals surface area contributed by atoms with Gasteiger partial charge in [0.25, 0.3) is 30.4 Å². The summed E-state index contributed by atoms with van der Waals surface area (Å²) in [6.45, 7) is 1.37. The SMILES string of the molecule is CC1=CC(S(=O)(=O)O)CC2=C1C(S(=O)(=O)O)=CC(S(=O)(=O)O)C2. The van der Waals surface area contributed by atoms with Crippen molar-refractivity contribution in [2.75, 3.05) is 0 Å². The molecule has 9 nitrogen and oxygen atoms in total. The van der Waals surface area contributed by atoms with Gasteiger partial charge in [0.2, 0.25) is 0 Å². The molecule has 0 aromatic carbocycles. The van der Waals surface area contributed by atoms with Gasteiger partial charge in [0.1, 0.15) is 10.5 Å². The Morgan fingerprint density at radius 1 is 0.870 bits per heavy atom. The van der Waals surface area contributed by atoms with Crippen LogP contribution >= 0.6 is 0 Å². The molecule has 2 aliphatic carbocycles. The highest BCUT2D eigenvalue weighted by Crippen LogP contribution is 2.41. The maximum Gasteiger partial charge on any atom is 0.294 e. The van der Waals surface area contributed by atoms with E-state index in [1.165, 1.54) is 6.92 Å². The molecule has 0 fully saturated rings. The fraction of sp³-hybridized carbons (Fsp3) is 0.455. The molecule has 0 aromatic heterocycles. The van der Waals surface area contributed by atoms with E-state index in [2.05, 4.69) is 0 Å². The van der Waals surface area contributed by atoms with E-state index < -0.39 is 45.8 Å². The lowest BCUT2D eigenvalue weighted by molar-refractivity contribution is 0.470. The van der Waals surface area contributed by atoms with E-state index in [1.54, 1.807) is 0 Å². The Bertz CT molecular complexity index is 942. The van der Waals surface area contributed by atoms with Crippen molar-refractivity contribution in [3.05, 3.63) is 33.8 Å². The van der Waals surface area contributed by atoms with E-state index >= 15 is 0 Å². The molecule has 130 valence electrons. The first-order valence-electron chi connectivity index (χ1n) is 6.24. The van der Waals surface area contributed by atoms with E-state index in [0.29, 0.717) is 6.08 Å². The highest BCUT2D eigenvalue weighted by atomic mass is 32.2. The standard InChI is InChI=1S/C11H14O9S3/c1-6-2-8(21(12,13)14)3-7-4-9(22(15,16)17)5-10(11(6)7)23(18,19)20/h2,5,8-9H,3-4H2,1H3,(H,12,13,14)(H,15,16,17)(H,18,19,20). The second-order valence-electron chi connectivity index (χ2n) is 5.35. The lowest BCUT2D eigenvalue weighted by Gasteiger charge is -2.30. The summed E-state index contributed by atoms with van der Waals surface area (Å²) in [7, 11) is -13.9. The molecule has 0 saturated heterocycles. The molecule has 0 bridgehead atoms. The van der Waals surface area contributed by atoms with E-state index in [9.17, 15) is 29.8 Å². The maximum atomic E-state index is 11.5. The first-order chi connectivity index (χ1) is 10.2. The van der Waals surface area contributed by atoms with E-state index in [0.717, 1.165) is 6.08 Å². The molecular weight excluding hydrogens is 372 g/mol. The Kier molecular flexibility index (Phi) is 4.37. The third kappa shape index (κ3) is 3.72. The van der Waals surface area contributed by atoms with Gasteiger partial charge in [-0.05, 0) is 37.0 Å². The van der Waals surface area contributed by atoms with Crippen LogP contribution in [-0.2, 0) is 30.4 Å². The average Bonchev–Trinajstić information content (AvgIpc) is 2.33. The molecule has 12 heteroatoms. The van der Waals surface area contributed by atoms with Gasteiger partial charge in [0.05, 0.1) is 4.91 Å². The van der Waals surface area contributed by atoms with Crippen LogP contribution in [0.4, 0.5) is 0 Å². The van der Waals surface area contributed by atoms with Crippen LogP contribution in [0.3, 0.4) is 0 Å². The number of allylic oxidation sites excluding steroid dienone is 3. The van der Waals surface area contributed by atoms with Gasteiger partial charge in [0, 0.05) is 0 Å². The third-order valence-corrected chi connectivity index (χ3v) is 6.74. The van der Waals surface area contributed by atoms with Gasteiger partial charge in [0.15, 0.2) is 0 Å². The number of hydrogen-bond acceptors (Lipinski definition) is 6. The molecule has 23 heavy (non-hydrogen) atoms. The fourth-order valence-corrected chi connectivity index (χ4v) is 5.24. The summed E-state index contributed by atoms with van der Waals surface area (Å²) in [5.74, 6) is 0. The third-order valence-electron chi connectivity index (χ3n) is 3.71. The van der Waals surface area contributed by atoms with Crippen molar-refractivity contribution in [3.63, 3.8) is 0 Å². The topological polar surface area (TPSA) is 163 Å². The predicted molar refractivity (Wildman–Crippen MR) is 80.3 cm³/mol. The van der Waals surface area contributed by atoms with Crippen molar-refractivity contribution >= 4 is 30.4 Å². The molecule has 3 N–H and O–H groups in total. The van der Waals surface area contributed by atoms with Gasteiger partial charge < -0.3 is 0 Å². The van der Waals surface area contributed by atoms with Crippen LogP contribution in [0.2, 0.25) is 0 Å². The molecular formula is C11H14O9S3. The quantitative estimate of drug-likeness (QED) is 0.579. The molecule has 0 heterocycles. The van der Waals surface area contributed by atoms with Crippen molar-refractivity contribution in [3.8, 4) is 0 Å². The Morgan fingerprint density at radius 2 is 1.30 bits per heavy atom. The van der Waals surface area contributed by atoms with Crippen LogP contribution in [-0.4, -0.2) is 49.4 Å². The summed E-state index contributed by atoms with van der Waals surface area (Å²) in [5.41, 5.74) is 0.268. The van der Waals surface area contributed by atoms with Crippen LogP contribution in [0.25, 0.3) is 0 Å². The average molecular weight is 386 g/mol.